The normalized spacial score (nSPS) is 10.3. The molecule has 7 nitrogen and oxygen atoms in total. The van der Waals surface area contributed by atoms with Crippen molar-refractivity contribution >= 4 is 5.95 Å². The van der Waals surface area contributed by atoms with Crippen molar-refractivity contribution in [1.29, 1.82) is 0 Å². The molecule has 2 heterocycles. The lowest BCUT2D eigenvalue weighted by atomic mass is 10.3. The second kappa shape index (κ2) is 4.77. The van der Waals surface area contributed by atoms with Crippen molar-refractivity contribution in [3.05, 3.63) is 12.4 Å². The topological polar surface area (TPSA) is 77.8 Å². The molecule has 0 saturated carbocycles. The van der Waals surface area contributed by atoms with Crippen molar-refractivity contribution in [3.63, 3.8) is 0 Å². The number of hydrogen-bond donors (Lipinski definition) is 1. The molecule has 0 atom stereocenters. The van der Waals surface area contributed by atoms with Crippen LogP contribution < -0.4 is 10.1 Å². The molecule has 0 bridgehead atoms. The molecule has 0 amide bonds. The zero-order valence-electron chi connectivity index (χ0n) is 10.0. The van der Waals surface area contributed by atoms with Crippen LogP contribution in [0.15, 0.2) is 12.4 Å². The van der Waals surface area contributed by atoms with Crippen LogP contribution in [-0.4, -0.2) is 38.4 Å². The molecule has 1 N–H and O–H groups in total. The van der Waals surface area contributed by atoms with Gasteiger partial charge in [0.05, 0.1) is 18.9 Å². The highest BCUT2D eigenvalue weighted by molar-refractivity contribution is 5.54. The predicted molar refractivity (Wildman–Crippen MR) is 62.7 cm³/mol. The average Bonchev–Trinajstić information content (AvgIpc) is 2.76. The van der Waals surface area contributed by atoms with Crippen LogP contribution in [0, 0.1) is 0 Å². The molecule has 0 unspecified atom stereocenters. The summed E-state index contributed by atoms with van der Waals surface area (Å²) >= 11 is 0. The number of ether oxygens (including phenoxy) is 1. The van der Waals surface area contributed by atoms with E-state index in [1.165, 1.54) is 7.11 Å². The Hall–Kier alpha value is -2.18. The third kappa shape index (κ3) is 2.49. The summed E-state index contributed by atoms with van der Waals surface area (Å²) in [6, 6.07) is 0.287. The van der Waals surface area contributed by atoms with Gasteiger partial charge in [-0.1, -0.05) is 0 Å². The molecule has 2 rings (SSSR count). The average molecular weight is 234 g/mol. The van der Waals surface area contributed by atoms with Gasteiger partial charge in [-0.15, -0.1) is 0 Å². The lowest BCUT2D eigenvalue weighted by molar-refractivity contribution is 0.379. The summed E-state index contributed by atoms with van der Waals surface area (Å²) in [6.07, 6.45) is 3.54. The molecule has 2 aromatic rings. The molecule has 0 saturated heterocycles. The number of methoxy groups -OCH3 is 1. The Labute approximate surface area is 98.9 Å². The molecule has 0 aliphatic heterocycles. The number of anilines is 1. The van der Waals surface area contributed by atoms with Crippen LogP contribution in [0.5, 0.6) is 6.01 Å². The summed E-state index contributed by atoms with van der Waals surface area (Å²) in [5.74, 6) is 1.04. The zero-order chi connectivity index (χ0) is 12.3. The fourth-order valence-electron chi connectivity index (χ4n) is 1.35. The van der Waals surface area contributed by atoms with Crippen molar-refractivity contribution in [2.45, 2.75) is 6.92 Å². The zero-order valence-corrected chi connectivity index (χ0v) is 10.0. The van der Waals surface area contributed by atoms with Crippen molar-refractivity contribution in [3.8, 4) is 17.4 Å². The Morgan fingerprint density at radius 2 is 2.18 bits per heavy atom. The maximum Gasteiger partial charge on any atom is 0.321 e. The van der Waals surface area contributed by atoms with E-state index in [0.717, 1.165) is 12.1 Å². The minimum Gasteiger partial charge on any atom is -0.467 e. The van der Waals surface area contributed by atoms with E-state index < -0.39 is 0 Å². The first-order valence-electron chi connectivity index (χ1n) is 5.26. The Morgan fingerprint density at radius 3 is 2.76 bits per heavy atom. The second-order valence-corrected chi connectivity index (χ2v) is 3.40. The van der Waals surface area contributed by atoms with E-state index in [-0.39, 0.29) is 6.01 Å². The van der Waals surface area contributed by atoms with Gasteiger partial charge in [-0.3, -0.25) is 4.68 Å². The molecule has 0 aliphatic rings. The summed E-state index contributed by atoms with van der Waals surface area (Å²) in [7, 11) is 3.37. The van der Waals surface area contributed by atoms with Crippen LogP contribution in [0.1, 0.15) is 6.92 Å². The third-order valence-electron chi connectivity index (χ3n) is 2.10. The molecule has 0 radical (unpaired) electrons. The smallest absolute Gasteiger partial charge is 0.321 e. The Balaban J connectivity index is 2.42. The van der Waals surface area contributed by atoms with Crippen molar-refractivity contribution < 1.29 is 4.74 Å². The number of rotatable bonds is 4. The molecule has 0 aromatic carbocycles. The van der Waals surface area contributed by atoms with E-state index in [0.29, 0.717) is 11.8 Å². The number of nitrogens with one attached hydrogen (secondary N) is 1. The van der Waals surface area contributed by atoms with E-state index in [4.69, 9.17) is 4.74 Å². The van der Waals surface area contributed by atoms with Crippen LogP contribution in [0.3, 0.4) is 0 Å². The van der Waals surface area contributed by atoms with E-state index in [1.54, 1.807) is 10.9 Å². The van der Waals surface area contributed by atoms with Crippen LogP contribution in [0.2, 0.25) is 0 Å². The summed E-state index contributed by atoms with van der Waals surface area (Å²) in [5, 5.41) is 7.11. The highest BCUT2D eigenvalue weighted by Gasteiger charge is 2.09. The van der Waals surface area contributed by atoms with Crippen LogP contribution in [0.25, 0.3) is 11.4 Å². The molecule has 0 spiro atoms. The standard InChI is InChI=1S/C10H14N6O/c1-4-11-9-13-8(14-10(15-9)17-3)7-5-12-16(2)6-7/h5-6H,4H2,1-3H3,(H,11,13,14,15). The highest BCUT2D eigenvalue weighted by Crippen LogP contribution is 2.17. The fraction of sp³-hybridized carbons (Fsp3) is 0.400. The number of nitrogens with zero attached hydrogens (tertiary/aromatic N) is 5. The van der Waals surface area contributed by atoms with Crippen molar-refractivity contribution in [1.82, 2.24) is 24.7 Å². The Morgan fingerprint density at radius 1 is 1.35 bits per heavy atom. The summed E-state index contributed by atoms with van der Waals surface area (Å²) in [4.78, 5) is 12.6. The Kier molecular flexibility index (Phi) is 3.17. The molecule has 0 aliphatic carbocycles. The van der Waals surface area contributed by atoms with Crippen LogP contribution in [0.4, 0.5) is 5.95 Å². The fourth-order valence-corrected chi connectivity index (χ4v) is 1.35. The van der Waals surface area contributed by atoms with Gasteiger partial charge in [-0.05, 0) is 6.92 Å². The van der Waals surface area contributed by atoms with Gasteiger partial charge < -0.3 is 10.1 Å². The van der Waals surface area contributed by atoms with Gasteiger partial charge in [-0.2, -0.15) is 20.1 Å². The van der Waals surface area contributed by atoms with Gasteiger partial charge in [0.15, 0.2) is 5.82 Å². The van der Waals surface area contributed by atoms with E-state index in [2.05, 4.69) is 25.4 Å². The molecule has 0 fully saturated rings. The second-order valence-electron chi connectivity index (χ2n) is 3.40. The van der Waals surface area contributed by atoms with E-state index in [1.807, 2.05) is 20.2 Å². The van der Waals surface area contributed by atoms with Crippen molar-refractivity contribution in [2.75, 3.05) is 19.0 Å². The lowest BCUT2D eigenvalue weighted by Gasteiger charge is -2.05. The van der Waals surface area contributed by atoms with Gasteiger partial charge in [0.2, 0.25) is 5.95 Å². The maximum absolute atomic E-state index is 5.04. The van der Waals surface area contributed by atoms with Gasteiger partial charge in [-0.25, -0.2) is 0 Å². The Bertz CT molecular complexity index is 509. The number of aromatic nitrogens is 5. The molecule has 90 valence electrons. The maximum atomic E-state index is 5.04. The highest BCUT2D eigenvalue weighted by atomic mass is 16.5. The summed E-state index contributed by atoms with van der Waals surface area (Å²) in [6.45, 7) is 2.71. The van der Waals surface area contributed by atoms with E-state index in [9.17, 15) is 0 Å². The van der Waals surface area contributed by atoms with Gasteiger partial charge in [0, 0.05) is 19.8 Å². The molecular formula is C10H14N6O. The molecular weight excluding hydrogens is 220 g/mol. The van der Waals surface area contributed by atoms with E-state index >= 15 is 0 Å². The quantitative estimate of drug-likeness (QED) is 0.839. The lowest BCUT2D eigenvalue weighted by Crippen LogP contribution is -2.06. The number of hydrogen-bond acceptors (Lipinski definition) is 6. The van der Waals surface area contributed by atoms with Crippen LogP contribution in [-0.2, 0) is 7.05 Å². The monoisotopic (exact) mass is 234 g/mol. The van der Waals surface area contributed by atoms with Crippen LogP contribution >= 0.6 is 0 Å². The van der Waals surface area contributed by atoms with Gasteiger partial charge in [0.1, 0.15) is 0 Å². The first kappa shape index (κ1) is 11.3. The third-order valence-corrected chi connectivity index (χ3v) is 2.10. The molecule has 17 heavy (non-hydrogen) atoms. The van der Waals surface area contributed by atoms with Gasteiger partial charge in [0.25, 0.3) is 0 Å². The summed E-state index contributed by atoms with van der Waals surface area (Å²) in [5.41, 5.74) is 0.826. The summed E-state index contributed by atoms with van der Waals surface area (Å²) < 4.78 is 6.73. The molecule has 2 aromatic heterocycles. The minimum atomic E-state index is 0.287. The first-order chi connectivity index (χ1) is 8.22. The predicted octanol–water partition coefficient (Wildman–Crippen LogP) is 0.712. The first-order valence-corrected chi connectivity index (χ1v) is 5.26. The number of aryl methyl sites for hydroxylation is 1. The molecule has 7 heteroatoms. The van der Waals surface area contributed by atoms with Gasteiger partial charge >= 0.3 is 6.01 Å². The van der Waals surface area contributed by atoms with Crippen molar-refractivity contribution in [2.24, 2.45) is 7.05 Å². The largest absolute Gasteiger partial charge is 0.467 e. The minimum absolute atomic E-state index is 0.287. The SMILES string of the molecule is CCNc1nc(OC)nc(-c2cnn(C)c2)n1.